The summed E-state index contributed by atoms with van der Waals surface area (Å²) in [6.07, 6.45) is 2.48. The number of carbonyl (C=O) groups excluding carboxylic acids is 1. The molecule has 19 heavy (non-hydrogen) atoms. The van der Waals surface area contributed by atoms with Gasteiger partial charge in [0.15, 0.2) is 0 Å². The van der Waals surface area contributed by atoms with Crippen LogP contribution < -0.4 is 5.73 Å². The summed E-state index contributed by atoms with van der Waals surface area (Å²) in [6.45, 7) is 3.44. The van der Waals surface area contributed by atoms with Crippen LogP contribution >= 0.6 is 0 Å². The Balaban J connectivity index is 2.04. The highest BCUT2D eigenvalue weighted by molar-refractivity contribution is 5.79. The molecule has 1 aliphatic heterocycles. The third-order valence-electron chi connectivity index (χ3n) is 3.95. The normalized spacial score (nSPS) is 23.4. The van der Waals surface area contributed by atoms with E-state index in [0.29, 0.717) is 18.9 Å². The van der Waals surface area contributed by atoms with Crippen molar-refractivity contribution in [3.8, 4) is 0 Å². The lowest BCUT2D eigenvalue weighted by Gasteiger charge is -2.39. The standard InChI is InChI=1S/C15H21FN2O/c1-11-3-2-8-18(14(11)10-17)15(19)9-12-4-6-13(16)7-5-12/h4-7,11,14H,2-3,8-10,17H2,1H3/t11-,14-/m1/s1. The predicted octanol–water partition coefficient (Wildman–Crippen LogP) is 1.95. The molecule has 1 heterocycles. The number of benzene rings is 1. The molecule has 3 nitrogen and oxygen atoms in total. The number of halogens is 1. The largest absolute Gasteiger partial charge is 0.338 e. The first kappa shape index (κ1) is 14.0. The fourth-order valence-electron chi connectivity index (χ4n) is 2.80. The number of amides is 1. The maximum absolute atomic E-state index is 12.8. The topological polar surface area (TPSA) is 46.3 Å². The zero-order chi connectivity index (χ0) is 13.8. The molecule has 1 aliphatic rings. The Morgan fingerprint density at radius 3 is 2.74 bits per heavy atom. The van der Waals surface area contributed by atoms with E-state index in [1.807, 2.05) is 4.90 Å². The third kappa shape index (κ3) is 3.32. The lowest BCUT2D eigenvalue weighted by molar-refractivity contribution is -0.135. The maximum atomic E-state index is 12.8. The summed E-state index contributed by atoms with van der Waals surface area (Å²) < 4.78 is 12.8. The van der Waals surface area contributed by atoms with Crippen LogP contribution in [0.1, 0.15) is 25.3 Å². The van der Waals surface area contributed by atoms with Crippen LogP contribution in [0.15, 0.2) is 24.3 Å². The van der Waals surface area contributed by atoms with Crippen LogP contribution in [0.5, 0.6) is 0 Å². The summed E-state index contributed by atoms with van der Waals surface area (Å²) in [4.78, 5) is 14.2. The maximum Gasteiger partial charge on any atom is 0.227 e. The molecule has 2 atom stereocenters. The molecule has 0 saturated carbocycles. The van der Waals surface area contributed by atoms with Gasteiger partial charge in [-0.05, 0) is 36.5 Å². The lowest BCUT2D eigenvalue weighted by Crippen LogP contribution is -2.51. The van der Waals surface area contributed by atoms with Gasteiger partial charge in [-0.15, -0.1) is 0 Å². The molecule has 0 aromatic heterocycles. The van der Waals surface area contributed by atoms with Crippen molar-refractivity contribution >= 4 is 5.91 Å². The summed E-state index contributed by atoms with van der Waals surface area (Å²) in [6, 6.07) is 6.25. The number of piperidine rings is 1. The minimum atomic E-state index is -0.275. The molecule has 0 bridgehead atoms. The summed E-state index contributed by atoms with van der Waals surface area (Å²) in [7, 11) is 0. The van der Waals surface area contributed by atoms with Crippen molar-refractivity contribution in [3.05, 3.63) is 35.6 Å². The van der Waals surface area contributed by atoms with Crippen LogP contribution in [0.25, 0.3) is 0 Å². The van der Waals surface area contributed by atoms with Gasteiger partial charge in [0.25, 0.3) is 0 Å². The number of carbonyl (C=O) groups is 1. The number of hydrogen-bond donors (Lipinski definition) is 1. The van der Waals surface area contributed by atoms with E-state index in [4.69, 9.17) is 5.73 Å². The van der Waals surface area contributed by atoms with Gasteiger partial charge in [0, 0.05) is 19.1 Å². The Labute approximate surface area is 113 Å². The monoisotopic (exact) mass is 264 g/mol. The van der Waals surface area contributed by atoms with Gasteiger partial charge in [-0.25, -0.2) is 4.39 Å². The van der Waals surface area contributed by atoms with Crippen molar-refractivity contribution in [1.29, 1.82) is 0 Å². The zero-order valence-electron chi connectivity index (χ0n) is 11.3. The second-order valence-electron chi connectivity index (χ2n) is 5.31. The Hall–Kier alpha value is -1.42. The highest BCUT2D eigenvalue weighted by Crippen LogP contribution is 2.23. The molecule has 1 fully saturated rings. The van der Waals surface area contributed by atoms with Gasteiger partial charge in [0.05, 0.1) is 6.42 Å². The minimum absolute atomic E-state index is 0.0913. The molecule has 1 saturated heterocycles. The Kier molecular flexibility index (Phi) is 4.53. The van der Waals surface area contributed by atoms with E-state index in [9.17, 15) is 9.18 Å². The fraction of sp³-hybridized carbons (Fsp3) is 0.533. The van der Waals surface area contributed by atoms with Gasteiger partial charge in [-0.3, -0.25) is 4.79 Å². The van der Waals surface area contributed by atoms with Crippen LogP contribution in [-0.2, 0) is 11.2 Å². The van der Waals surface area contributed by atoms with E-state index in [2.05, 4.69) is 6.92 Å². The summed E-state index contributed by atoms with van der Waals surface area (Å²) >= 11 is 0. The quantitative estimate of drug-likeness (QED) is 0.907. The lowest BCUT2D eigenvalue weighted by atomic mass is 9.90. The Morgan fingerprint density at radius 2 is 2.11 bits per heavy atom. The van der Waals surface area contributed by atoms with Gasteiger partial charge in [0.2, 0.25) is 5.91 Å². The molecule has 2 N–H and O–H groups in total. The van der Waals surface area contributed by atoms with E-state index in [-0.39, 0.29) is 17.8 Å². The van der Waals surface area contributed by atoms with E-state index in [1.165, 1.54) is 12.1 Å². The molecule has 4 heteroatoms. The first-order valence-electron chi connectivity index (χ1n) is 6.86. The molecule has 0 aliphatic carbocycles. The Bertz CT molecular complexity index is 432. The van der Waals surface area contributed by atoms with Crippen molar-refractivity contribution in [2.45, 2.75) is 32.2 Å². The zero-order valence-corrected chi connectivity index (χ0v) is 11.3. The highest BCUT2D eigenvalue weighted by Gasteiger charge is 2.30. The molecule has 1 aromatic rings. The van der Waals surface area contributed by atoms with E-state index in [1.54, 1.807) is 12.1 Å². The Morgan fingerprint density at radius 1 is 1.42 bits per heavy atom. The van der Waals surface area contributed by atoms with Crippen LogP contribution in [0.4, 0.5) is 4.39 Å². The molecule has 0 radical (unpaired) electrons. The van der Waals surface area contributed by atoms with E-state index >= 15 is 0 Å². The molecule has 0 unspecified atom stereocenters. The van der Waals surface area contributed by atoms with Crippen LogP contribution in [-0.4, -0.2) is 29.9 Å². The van der Waals surface area contributed by atoms with Crippen LogP contribution in [0.2, 0.25) is 0 Å². The molecule has 1 amide bonds. The number of likely N-dealkylation sites (tertiary alicyclic amines) is 1. The second kappa shape index (κ2) is 6.15. The first-order chi connectivity index (χ1) is 9.11. The van der Waals surface area contributed by atoms with Crippen molar-refractivity contribution < 1.29 is 9.18 Å². The van der Waals surface area contributed by atoms with Crippen LogP contribution in [0.3, 0.4) is 0 Å². The molecule has 0 spiro atoms. The molecule has 1 aromatic carbocycles. The molecule has 104 valence electrons. The van der Waals surface area contributed by atoms with E-state index < -0.39 is 0 Å². The number of nitrogens with zero attached hydrogens (tertiary/aromatic N) is 1. The van der Waals surface area contributed by atoms with Gasteiger partial charge < -0.3 is 10.6 Å². The van der Waals surface area contributed by atoms with Gasteiger partial charge >= 0.3 is 0 Å². The van der Waals surface area contributed by atoms with Crippen molar-refractivity contribution in [2.75, 3.05) is 13.1 Å². The number of nitrogens with two attached hydrogens (primary N) is 1. The average molecular weight is 264 g/mol. The highest BCUT2D eigenvalue weighted by atomic mass is 19.1. The smallest absolute Gasteiger partial charge is 0.227 e. The predicted molar refractivity (Wildman–Crippen MR) is 73.1 cm³/mol. The molecule has 2 rings (SSSR count). The number of rotatable bonds is 3. The first-order valence-corrected chi connectivity index (χ1v) is 6.86. The molecular weight excluding hydrogens is 243 g/mol. The second-order valence-corrected chi connectivity index (χ2v) is 5.31. The average Bonchev–Trinajstić information content (AvgIpc) is 2.41. The van der Waals surface area contributed by atoms with Gasteiger partial charge in [-0.2, -0.15) is 0 Å². The SMILES string of the molecule is C[C@@H]1CCCN(C(=O)Cc2ccc(F)cc2)[C@@H]1CN. The minimum Gasteiger partial charge on any atom is -0.338 e. The summed E-state index contributed by atoms with van der Waals surface area (Å²) in [5, 5.41) is 0. The van der Waals surface area contributed by atoms with E-state index in [0.717, 1.165) is 24.9 Å². The molecular formula is C15H21FN2O. The van der Waals surface area contributed by atoms with Crippen molar-refractivity contribution in [2.24, 2.45) is 11.7 Å². The summed E-state index contributed by atoms with van der Waals surface area (Å²) in [5.74, 6) is 0.271. The van der Waals surface area contributed by atoms with Crippen LogP contribution in [0, 0.1) is 11.7 Å². The van der Waals surface area contributed by atoms with Gasteiger partial charge in [0.1, 0.15) is 5.82 Å². The third-order valence-corrected chi connectivity index (χ3v) is 3.95. The van der Waals surface area contributed by atoms with Gasteiger partial charge in [-0.1, -0.05) is 19.1 Å². The van der Waals surface area contributed by atoms with Crippen molar-refractivity contribution in [1.82, 2.24) is 4.90 Å². The fourth-order valence-corrected chi connectivity index (χ4v) is 2.80. The number of hydrogen-bond acceptors (Lipinski definition) is 2. The summed E-state index contributed by atoms with van der Waals surface area (Å²) in [5.41, 5.74) is 6.64. The van der Waals surface area contributed by atoms with Crippen molar-refractivity contribution in [3.63, 3.8) is 0 Å².